The van der Waals surface area contributed by atoms with Gasteiger partial charge in [-0.15, -0.1) is 15.7 Å². The number of nitrogens with one attached hydrogen (secondary N) is 1. The Balaban J connectivity index is 1.80. The van der Waals surface area contributed by atoms with Crippen molar-refractivity contribution in [3.8, 4) is 0 Å². The third kappa shape index (κ3) is 5.60. The first-order valence-electron chi connectivity index (χ1n) is 11.9. The van der Waals surface area contributed by atoms with E-state index in [1.807, 2.05) is 25.1 Å². The van der Waals surface area contributed by atoms with Crippen molar-refractivity contribution in [2.45, 2.75) is 44.9 Å². The van der Waals surface area contributed by atoms with Crippen molar-refractivity contribution < 1.29 is 26.7 Å². The second kappa shape index (κ2) is 9.88. The van der Waals surface area contributed by atoms with Gasteiger partial charge in [0.1, 0.15) is 31.1 Å². The first kappa shape index (κ1) is 27.3. The molecular formula is C25H31N3O6S3. The van der Waals surface area contributed by atoms with Crippen LogP contribution in [-0.4, -0.2) is 52.2 Å². The SMILES string of the molecule is CC(C)CCC1(C)CN(c2ccccc2)C(=O)C(C2=NS(=O)(=O)c3c(CCS(C)(=O)=O)csc3N2)=C1O. The van der Waals surface area contributed by atoms with Gasteiger partial charge in [-0.3, -0.25) is 4.79 Å². The Morgan fingerprint density at radius 3 is 2.54 bits per heavy atom. The van der Waals surface area contributed by atoms with Crippen LogP contribution in [0.4, 0.5) is 10.7 Å². The minimum atomic E-state index is -4.26. The lowest BCUT2D eigenvalue weighted by Gasteiger charge is -2.41. The number of benzene rings is 1. The van der Waals surface area contributed by atoms with Crippen LogP contribution in [0.25, 0.3) is 0 Å². The van der Waals surface area contributed by atoms with Gasteiger partial charge < -0.3 is 15.3 Å². The molecule has 0 bridgehead atoms. The Morgan fingerprint density at radius 2 is 1.92 bits per heavy atom. The van der Waals surface area contributed by atoms with Gasteiger partial charge in [-0.1, -0.05) is 39.0 Å². The van der Waals surface area contributed by atoms with Gasteiger partial charge in [0.15, 0.2) is 5.84 Å². The number of aliphatic hydroxyl groups excluding tert-OH is 1. The molecule has 3 heterocycles. The molecule has 2 aliphatic rings. The number of carbonyl (C=O) groups is 1. The van der Waals surface area contributed by atoms with E-state index in [0.717, 1.165) is 24.0 Å². The zero-order valence-electron chi connectivity index (χ0n) is 21.2. The van der Waals surface area contributed by atoms with E-state index in [4.69, 9.17) is 0 Å². The normalized spacial score (nSPS) is 21.6. The van der Waals surface area contributed by atoms with Crippen molar-refractivity contribution in [1.82, 2.24) is 0 Å². The number of para-hydroxylation sites is 1. The Bertz CT molecular complexity index is 1490. The number of nitrogens with zero attached hydrogens (tertiary/aromatic N) is 2. The maximum Gasteiger partial charge on any atom is 0.287 e. The highest BCUT2D eigenvalue weighted by Gasteiger charge is 2.46. The average Bonchev–Trinajstić information content (AvgIpc) is 3.23. The van der Waals surface area contributed by atoms with Gasteiger partial charge in [0.05, 0.1) is 5.75 Å². The summed E-state index contributed by atoms with van der Waals surface area (Å²) in [5.74, 6) is -0.815. The molecule has 1 aromatic carbocycles. The number of aryl methyl sites for hydroxylation is 1. The van der Waals surface area contributed by atoms with Crippen molar-refractivity contribution in [2.75, 3.05) is 28.8 Å². The number of rotatable bonds is 8. The highest BCUT2D eigenvalue weighted by Crippen LogP contribution is 2.43. The van der Waals surface area contributed by atoms with Gasteiger partial charge in [-0.25, -0.2) is 8.42 Å². The second-order valence-electron chi connectivity index (χ2n) is 10.3. The number of amidine groups is 1. The molecular weight excluding hydrogens is 534 g/mol. The maximum atomic E-state index is 13.7. The van der Waals surface area contributed by atoms with E-state index in [1.165, 1.54) is 0 Å². The first-order chi connectivity index (χ1) is 17.2. The summed E-state index contributed by atoms with van der Waals surface area (Å²) in [5.41, 5.74) is -0.0242. The van der Waals surface area contributed by atoms with Crippen molar-refractivity contribution >= 4 is 53.6 Å². The van der Waals surface area contributed by atoms with Gasteiger partial charge in [0.25, 0.3) is 15.9 Å². The summed E-state index contributed by atoms with van der Waals surface area (Å²) in [6.07, 6.45) is 2.49. The minimum Gasteiger partial charge on any atom is -0.511 e. The first-order valence-corrected chi connectivity index (χ1v) is 16.3. The molecule has 37 heavy (non-hydrogen) atoms. The fourth-order valence-electron chi connectivity index (χ4n) is 4.49. The lowest BCUT2D eigenvalue weighted by molar-refractivity contribution is -0.116. The number of thiophene rings is 1. The summed E-state index contributed by atoms with van der Waals surface area (Å²) in [4.78, 5) is 15.2. The summed E-state index contributed by atoms with van der Waals surface area (Å²) in [6, 6.07) is 9.03. The molecule has 200 valence electrons. The lowest BCUT2D eigenvalue weighted by Crippen LogP contribution is -2.50. The maximum absolute atomic E-state index is 13.7. The van der Waals surface area contributed by atoms with Gasteiger partial charge in [-0.05, 0) is 48.3 Å². The average molecular weight is 566 g/mol. The summed E-state index contributed by atoms with van der Waals surface area (Å²) in [7, 11) is -7.56. The third-order valence-electron chi connectivity index (χ3n) is 6.61. The molecule has 2 N–H and O–H groups in total. The number of carbonyl (C=O) groups excluding carboxylic acids is 1. The Hall–Kier alpha value is -2.70. The zero-order chi connectivity index (χ0) is 27.2. The molecule has 2 aliphatic heterocycles. The molecule has 2 aromatic rings. The van der Waals surface area contributed by atoms with Crippen LogP contribution < -0.4 is 10.2 Å². The van der Waals surface area contributed by atoms with Crippen LogP contribution in [-0.2, 0) is 31.1 Å². The largest absolute Gasteiger partial charge is 0.511 e. The summed E-state index contributed by atoms with van der Waals surface area (Å²) in [6.45, 7) is 6.25. The lowest BCUT2D eigenvalue weighted by atomic mass is 9.76. The summed E-state index contributed by atoms with van der Waals surface area (Å²) < 4.78 is 53.7. The van der Waals surface area contributed by atoms with E-state index in [1.54, 1.807) is 22.4 Å². The van der Waals surface area contributed by atoms with E-state index in [2.05, 4.69) is 23.6 Å². The number of hydrogen-bond acceptors (Lipinski definition) is 8. The molecule has 0 fully saturated rings. The van der Waals surface area contributed by atoms with E-state index >= 15 is 0 Å². The van der Waals surface area contributed by atoms with Crippen molar-refractivity contribution in [3.05, 3.63) is 52.6 Å². The number of amides is 1. The molecule has 1 amide bonds. The van der Waals surface area contributed by atoms with Crippen LogP contribution in [0.1, 0.15) is 39.2 Å². The number of sulfone groups is 1. The molecule has 0 saturated carbocycles. The fraction of sp³-hybridized carbons (Fsp3) is 0.440. The van der Waals surface area contributed by atoms with E-state index in [0.29, 0.717) is 23.6 Å². The Morgan fingerprint density at radius 1 is 1.24 bits per heavy atom. The Labute approximate surface area is 221 Å². The molecule has 0 spiro atoms. The molecule has 1 unspecified atom stereocenters. The standard InChI is InChI=1S/C25H31N3O6S3/c1-16(2)10-12-25(3)15-28(18-8-6-5-7-9-18)24(30)19(21(25)29)22-26-23-20(37(33,34)27-22)17(14-35-23)11-13-36(4,31)32/h5-9,14,16,29H,10-13,15H2,1-4H3,(H,26,27). The van der Waals surface area contributed by atoms with Crippen LogP contribution in [0.3, 0.4) is 0 Å². The van der Waals surface area contributed by atoms with Crippen LogP contribution in [0.2, 0.25) is 0 Å². The van der Waals surface area contributed by atoms with E-state index < -0.39 is 31.2 Å². The number of hydrogen-bond donors (Lipinski definition) is 2. The molecule has 0 aliphatic carbocycles. The quantitative estimate of drug-likeness (QED) is 0.491. The molecule has 0 saturated heterocycles. The molecule has 1 aromatic heterocycles. The topological polar surface area (TPSA) is 133 Å². The van der Waals surface area contributed by atoms with Crippen LogP contribution in [0, 0.1) is 11.3 Å². The van der Waals surface area contributed by atoms with Crippen molar-refractivity contribution in [3.63, 3.8) is 0 Å². The van der Waals surface area contributed by atoms with Gasteiger partial charge in [0.2, 0.25) is 0 Å². The zero-order valence-corrected chi connectivity index (χ0v) is 23.6. The van der Waals surface area contributed by atoms with Crippen molar-refractivity contribution in [2.24, 2.45) is 15.7 Å². The van der Waals surface area contributed by atoms with Crippen LogP contribution in [0.5, 0.6) is 0 Å². The highest BCUT2D eigenvalue weighted by atomic mass is 32.2. The van der Waals surface area contributed by atoms with Crippen LogP contribution >= 0.6 is 11.3 Å². The number of sulfonamides is 1. The predicted molar refractivity (Wildman–Crippen MR) is 147 cm³/mol. The molecule has 9 nitrogen and oxygen atoms in total. The predicted octanol–water partition coefficient (Wildman–Crippen LogP) is 4.15. The second-order valence-corrected chi connectivity index (χ2v) is 15.0. The molecule has 0 radical (unpaired) electrons. The smallest absolute Gasteiger partial charge is 0.287 e. The van der Waals surface area contributed by atoms with Crippen LogP contribution in [0.15, 0.2) is 56.3 Å². The van der Waals surface area contributed by atoms with Gasteiger partial charge >= 0.3 is 0 Å². The molecule has 12 heteroatoms. The molecule has 1 atom stereocenters. The van der Waals surface area contributed by atoms with Gasteiger partial charge in [0, 0.05) is 23.9 Å². The Kier molecular flexibility index (Phi) is 7.30. The monoisotopic (exact) mass is 565 g/mol. The number of aliphatic hydroxyl groups is 1. The number of fused-ring (bicyclic) bond motifs is 1. The summed E-state index contributed by atoms with van der Waals surface area (Å²) >= 11 is 1.09. The van der Waals surface area contributed by atoms with Gasteiger partial charge in [-0.2, -0.15) is 8.42 Å². The third-order valence-corrected chi connectivity index (χ3v) is 10.0. The molecule has 4 rings (SSSR count). The van der Waals surface area contributed by atoms with E-state index in [-0.39, 0.29) is 45.8 Å². The summed E-state index contributed by atoms with van der Waals surface area (Å²) in [5, 5.41) is 16.2. The van der Waals surface area contributed by atoms with E-state index in [9.17, 15) is 26.7 Å². The fourth-order valence-corrected chi connectivity index (χ4v) is 7.75. The van der Waals surface area contributed by atoms with Crippen molar-refractivity contribution in [1.29, 1.82) is 0 Å². The minimum absolute atomic E-state index is 0.0262. The number of anilines is 2. The highest BCUT2D eigenvalue weighted by molar-refractivity contribution is 7.91.